The van der Waals surface area contributed by atoms with E-state index in [1.807, 2.05) is 24.3 Å². The van der Waals surface area contributed by atoms with E-state index in [0.717, 1.165) is 22.3 Å². The zero-order chi connectivity index (χ0) is 24.4. The lowest BCUT2D eigenvalue weighted by molar-refractivity contribution is -0.121. The van der Waals surface area contributed by atoms with E-state index in [4.69, 9.17) is 9.84 Å². The van der Waals surface area contributed by atoms with Gasteiger partial charge in [0, 0.05) is 18.9 Å². The van der Waals surface area contributed by atoms with Crippen LogP contribution in [0.4, 0.5) is 4.79 Å². The number of nitrogens with one attached hydrogen (secondary N) is 2. The summed E-state index contributed by atoms with van der Waals surface area (Å²) in [5.41, 5.74) is 3.88. The van der Waals surface area contributed by atoms with Crippen molar-refractivity contribution in [3.8, 4) is 11.1 Å². The Morgan fingerprint density at radius 2 is 1.71 bits per heavy atom. The Kier molecular flexibility index (Phi) is 5.94. The van der Waals surface area contributed by atoms with Crippen LogP contribution in [0, 0.1) is 0 Å². The average Bonchev–Trinajstić information content (AvgIpc) is 3.28. The van der Waals surface area contributed by atoms with Crippen LogP contribution in [0.1, 0.15) is 46.8 Å². The molecule has 0 radical (unpaired) electrons. The molecule has 2 aliphatic carbocycles. The molecule has 180 valence electrons. The molecule has 3 aromatic rings. The first-order chi connectivity index (χ1) is 16.9. The average molecular weight is 476 g/mol. The van der Waals surface area contributed by atoms with Crippen LogP contribution in [-0.2, 0) is 16.1 Å². The van der Waals surface area contributed by atoms with Gasteiger partial charge in [0.05, 0.1) is 18.3 Å². The molecule has 0 atom stereocenters. The van der Waals surface area contributed by atoms with Gasteiger partial charge in [0.15, 0.2) is 5.69 Å². The number of hydrogen-bond acceptors (Lipinski definition) is 6. The van der Waals surface area contributed by atoms with E-state index >= 15 is 0 Å². The smallest absolute Gasteiger partial charge is 0.407 e. The Morgan fingerprint density at radius 3 is 2.31 bits per heavy atom. The molecule has 0 bridgehead atoms. The second-order valence-corrected chi connectivity index (χ2v) is 8.93. The maximum absolute atomic E-state index is 12.6. The minimum atomic E-state index is -1.16. The molecule has 2 aliphatic rings. The summed E-state index contributed by atoms with van der Waals surface area (Å²) < 4.78 is 6.96. The van der Waals surface area contributed by atoms with Crippen LogP contribution in [0.15, 0.2) is 54.7 Å². The van der Waals surface area contributed by atoms with Gasteiger partial charge in [-0.15, -0.1) is 5.10 Å². The molecule has 0 unspecified atom stereocenters. The highest BCUT2D eigenvalue weighted by Crippen LogP contribution is 2.44. The van der Waals surface area contributed by atoms with Crippen molar-refractivity contribution < 1.29 is 24.2 Å². The molecule has 1 saturated carbocycles. The number of aromatic carboxylic acids is 1. The zero-order valence-electron chi connectivity index (χ0n) is 18.9. The summed E-state index contributed by atoms with van der Waals surface area (Å²) in [5, 5.41) is 21.8. The largest absolute Gasteiger partial charge is 0.476 e. The first kappa shape index (κ1) is 22.6. The van der Waals surface area contributed by atoms with Gasteiger partial charge in [-0.05, 0) is 35.1 Å². The number of hydrogen-bond donors (Lipinski definition) is 3. The van der Waals surface area contributed by atoms with E-state index in [-0.39, 0.29) is 37.1 Å². The third kappa shape index (κ3) is 4.86. The second kappa shape index (κ2) is 9.21. The first-order valence-electron chi connectivity index (χ1n) is 11.5. The number of carboxylic acids is 1. The molecule has 35 heavy (non-hydrogen) atoms. The number of ether oxygens (including phenoxy) is 1. The fourth-order valence-electron chi connectivity index (χ4n) is 4.53. The Morgan fingerprint density at radius 1 is 1.06 bits per heavy atom. The molecular weight excluding hydrogens is 450 g/mol. The SMILES string of the molecule is O=C(CC1(NC(=O)OCC2c3ccccc3-c3ccccc32)CC1)NCCn1cc(C(=O)O)nn1. The molecule has 0 saturated heterocycles. The van der Waals surface area contributed by atoms with Crippen LogP contribution < -0.4 is 10.6 Å². The maximum atomic E-state index is 12.6. The molecular formula is C25H25N5O5. The van der Waals surface area contributed by atoms with Crippen molar-refractivity contribution in [2.24, 2.45) is 0 Å². The van der Waals surface area contributed by atoms with Crippen molar-refractivity contribution in [3.63, 3.8) is 0 Å². The number of rotatable bonds is 9. The Hall–Kier alpha value is -4.21. The minimum Gasteiger partial charge on any atom is -0.476 e. The highest BCUT2D eigenvalue weighted by molar-refractivity contribution is 5.84. The molecule has 1 aromatic heterocycles. The molecule has 10 heteroatoms. The molecule has 2 aromatic carbocycles. The fourth-order valence-corrected chi connectivity index (χ4v) is 4.53. The van der Waals surface area contributed by atoms with Gasteiger partial charge in [0.25, 0.3) is 0 Å². The number of alkyl carbamates (subject to hydrolysis) is 1. The first-order valence-corrected chi connectivity index (χ1v) is 11.5. The van der Waals surface area contributed by atoms with E-state index in [2.05, 4.69) is 45.2 Å². The highest BCUT2D eigenvalue weighted by atomic mass is 16.5. The predicted octanol–water partition coefficient (Wildman–Crippen LogP) is 2.55. The normalized spacial score (nSPS) is 15.1. The predicted molar refractivity (Wildman–Crippen MR) is 125 cm³/mol. The van der Waals surface area contributed by atoms with E-state index in [1.54, 1.807) is 0 Å². The van der Waals surface area contributed by atoms with E-state index in [9.17, 15) is 14.4 Å². The molecule has 1 fully saturated rings. The Labute approximate surface area is 201 Å². The number of benzene rings is 2. The van der Waals surface area contributed by atoms with Crippen molar-refractivity contribution in [2.45, 2.75) is 37.3 Å². The van der Waals surface area contributed by atoms with Crippen LogP contribution in [0.3, 0.4) is 0 Å². The van der Waals surface area contributed by atoms with Gasteiger partial charge in [-0.2, -0.15) is 0 Å². The lowest BCUT2D eigenvalue weighted by Gasteiger charge is -2.19. The second-order valence-electron chi connectivity index (χ2n) is 8.93. The van der Waals surface area contributed by atoms with Crippen LogP contribution in [0.2, 0.25) is 0 Å². The number of carbonyl (C=O) groups excluding carboxylic acids is 2. The third-order valence-electron chi connectivity index (χ3n) is 6.48. The van der Waals surface area contributed by atoms with Crippen molar-refractivity contribution in [2.75, 3.05) is 13.2 Å². The summed E-state index contributed by atoms with van der Waals surface area (Å²) in [5.74, 6) is -1.39. The summed E-state index contributed by atoms with van der Waals surface area (Å²) in [4.78, 5) is 35.8. The molecule has 0 aliphatic heterocycles. The summed E-state index contributed by atoms with van der Waals surface area (Å²) >= 11 is 0. The Bertz CT molecular complexity index is 1240. The van der Waals surface area contributed by atoms with Crippen molar-refractivity contribution in [1.29, 1.82) is 0 Å². The monoisotopic (exact) mass is 475 g/mol. The molecule has 2 amide bonds. The number of carboxylic acid groups (broad SMARTS) is 1. The zero-order valence-corrected chi connectivity index (χ0v) is 18.9. The van der Waals surface area contributed by atoms with Gasteiger partial charge in [-0.3, -0.25) is 4.79 Å². The summed E-state index contributed by atoms with van der Waals surface area (Å²) in [6, 6.07) is 16.3. The van der Waals surface area contributed by atoms with Crippen LogP contribution in [0.5, 0.6) is 0 Å². The summed E-state index contributed by atoms with van der Waals surface area (Å²) in [7, 11) is 0. The van der Waals surface area contributed by atoms with E-state index in [1.165, 1.54) is 10.9 Å². The number of aromatic nitrogens is 3. The minimum absolute atomic E-state index is 0.0231. The van der Waals surface area contributed by atoms with Crippen LogP contribution in [-0.4, -0.2) is 56.8 Å². The molecule has 5 rings (SSSR count). The van der Waals surface area contributed by atoms with Gasteiger partial charge < -0.3 is 20.5 Å². The Balaban J connectivity index is 1.10. The number of amides is 2. The number of carbonyl (C=O) groups is 3. The van der Waals surface area contributed by atoms with Gasteiger partial charge in [0.1, 0.15) is 6.61 Å². The number of fused-ring (bicyclic) bond motifs is 3. The van der Waals surface area contributed by atoms with Crippen molar-refractivity contribution >= 4 is 18.0 Å². The number of nitrogens with zero attached hydrogens (tertiary/aromatic N) is 3. The third-order valence-corrected chi connectivity index (χ3v) is 6.48. The topological polar surface area (TPSA) is 135 Å². The quantitative estimate of drug-likeness (QED) is 0.433. The van der Waals surface area contributed by atoms with E-state index < -0.39 is 17.6 Å². The van der Waals surface area contributed by atoms with Gasteiger partial charge in [0.2, 0.25) is 5.91 Å². The summed E-state index contributed by atoms with van der Waals surface area (Å²) in [6.07, 6.45) is 2.33. The lowest BCUT2D eigenvalue weighted by atomic mass is 9.98. The van der Waals surface area contributed by atoms with Crippen molar-refractivity contribution in [3.05, 3.63) is 71.5 Å². The highest BCUT2D eigenvalue weighted by Gasteiger charge is 2.46. The van der Waals surface area contributed by atoms with Crippen LogP contribution in [0.25, 0.3) is 11.1 Å². The van der Waals surface area contributed by atoms with Gasteiger partial charge in [-0.25, -0.2) is 14.3 Å². The molecule has 1 heterocycles. The van der Waals surface area contributed by atoms with Crippen LogP contribution >= 0.6 is 0 Å². The van der Waals surface area contributed by atoms with Gasteiger partial charge >= 0.3 is 12.1 Å². The molecule has 3 N–H and O–H groups in total. The van der Waals surface area contributed by atoms with Crippen molar-refractivity contribution in [1.82, 2.24) is 25.6 Å². The molecule has 0 spiro atoms. The van der Waals surface area contributed by atoms with Gasteiger partial charge in [-0.1, -0.05) is 53.7 Å². The van der Waals surface area contributed by atoms with E-state index in [0.29, 0.717) is 19.4 Å². The lowest BCUT2D eigenvalue weighted by Crippen LogP contribution is -2.42. The maximum Gasteiger partial charge on any atom is 0.407 e. The fraction of sp³-hybridized carbons (Fsp3) is 0.320. The molecule has 10 nitrogen and oxygen atoms in total. The summed E-state index contributed by atoms with van der Waals surface area (Å²) in [6.45, 7) is 0.777. The standard InChI is InChI=1S/C25H25N5O5/c31-22(26-11-12-30-14-21(23(32)33)28-29-30)13-25(9-10-25)27-24(34)35-15-20-18-7-3-1-5-16(18)17-6-2-4-8-19(17)20/h1-8,14,20H,9-13,15H2,(H,26,31)(H,27,34)(H,32,33).